The summed E-state index contributed by atoms with van der Waals surface area (Å²) in [6.45, 7) is 8.29. The van der Waals surface area contributed by atoms with E-state index >= 15 is 0 Å². The van der Waals surface area contributed by atoms with Crippen LogP contribution in [0.5, 0.6) is 0 Å². The lowest BCUT2D eigenvalue weighted by Gasteiger charge is -2.18. The van der Waals surface area contributed by atoms with E-state index in [9.17, 15) is 4.79 Å². The predicted molar refractivity (Wildman–Crippen MR) is 83.0 cm³/mol. The summed E-state index contributed by atoms with van der Waals surface area (Å²) in [5, 5.41) is 3.92. The van der Waals surface area contributed by atoms with E-state index in [0.717, 1.165) is 16.7 Å². The Bertz CT molecular complexity index is 525. The van der Waals surface area contributed by atoms with Gasteiger partial charge in [0.1, 0.15) is 0 Å². The molecule has 0 radical (unpaired) electrons. The summed E-state index contributed by atoms with van der Waals surface area (Å²) in [4.78, 5) is 14.3. The van der Waals surface area contributed by atoms with Crippen LogP contribution in [0.3, 0.4) is 0 Å². The number of carbonyl (C=O) groups is 1. The van der Waals surface area contributed by atoms with Gasteiger partial charge in [-0.15, -0.1) is 0 Å². The first kappa shape index (κ1) is 17.1. The number of azide groups is 1. The van der Waals surface area contributed by atoms with Crippen LogP contribution in [0.1, 0.15) is 54.5 Å². The van der Waals surface area contributed by atoms with Crippen molar-refractivity contribution in [1.82, 2.24) is 0 Å². The smallest absolute Gasteiger partial charge is 0.305 e. The highest BCUT2D eigenvalue weighted by Crippen LogP contribution is 2.30. The lowest BCUT2D eigenvalue weighted by molar-refractivity contribution is -0.143. The SMILES string of the molecule is CCOC(=O)CCCC(N=[N+]=[N-])c1c(C)cc(C)cc1C. The summed E-state index contributed by atoms with van der Waals surface area (Å²) in [5.41, 5.74) is 13.3. The minimum Gasteiger partial charge on any atom is -0.466 e. The van der Waals surface area contributed by atoms with Crippen molar-refractivity contribution in [2.45, 2.75) is 53.0 Å². The van der Waals surface area contributed by atoms with Crippen LogP contribution >= 0.6 is 0 Å². The summed E-state index contributed by atoms with van der Waals surface area (Å²) in [6.07, 6.45) is 1.65. The van der Waals surface area contributed by atoms with Crippen LogP contribution in [0, 0.1) is 20.8 Å². The lowest BCUT2D eigenvalue weighted by atomic mass is 9.92. The Hall–Kier alpha value is -2.00. The molecule has 114 valence electrons. The molecule has 1 unspecified atom stereocenters. The van der Waals surface area contributed by atoms with Crippen LogP contribution in [-0.4, -0.2) is 12.6 Å². The molecule has 0 aliphatic heterocycles. The fourth-order valence-corrected chi connectivity index (χ4v) is 2.71. The van der Waals surface area contributed by atoms with Crippen molar-refractivity contribution >= 4 is 5.97 Å². The van der Waals surface area contributed by atoms with E-state index in [0.29, 0.717) is 25.9 Å². The maximum absolute atomic E-state index is 11.4. The highest BCUT2D eigenvalue weighted by atomic mass is 16.5. The molecule has 21 heavy (non-hydrogen) atoms. The summed E-state index contributed by atoms with van der Waals surface area (Å²) in [7, 11) is 0. The molecule has 1 aromatic carbocycles. The first-order chi connectivity index (χ1) is 9.99. The van der Waals surface area contributed by atoms with Gasteiger partial charge in [0.15, 0.2) is 0 Å². The average molecular weight is 289 g/mol. The van der Waals surface area contributed by atoms with E-state index < -0.39 is 0 Å². The first-order valence-electron chi connectivity index (χ1n) is 7.27. The Morgan fingerprint density at radius 3 is 2.48 bits per heavy atom. The number of ether oxygens (including phenoxy) is 1. The fraction of sp³-hybridized carbons (Fsp3) is 0.562. The zero-order chi connectivity index (χ0) is 15.8. The number of hydrogen-bond donors (Lipinski definition) is 0. The second-order valence-electron chi connectivity index (χ2n) is 5.23. The van der Waals surface area contributed by atoms with Gasteiger partial charge in [0, 0.05) is 11.3 Å². The van der Waals surface area contributed by atoms with Gasteiger partial charge in [-0.2, -0.15) is 0 Å². The van der Waals surface area contributed by atoms with Crippen molar-refractivity contribution in [3.05, 3.63) is 44.8 Å². The van der Waals surface area contributed by atoms with Gasteiger partial charge in [-0.1, -0.05) is 22.8 Å². The van der Waals surface area contributed by atoms with E-state index in [1.165, 1.54) is 5.56 Å². The Morgan fingerprint density at radius 2 is 1.95 bits per heavy atom. The molecule has 0 saturated heterocycles. The third-order valence-corrected chi connectivity index (χ3v) is 3.43. The normalized spacial score (nSPS) is 11.6. The first-order valence-corrected chi connectivity index (χ1v) is 7.27. The fourth-order valence-electron chi connectivity index (χ4n) is 2.71. The molecule has 0 spiro atoms. The number of rotatable bonds is 7. The number of esters is 1. The van der Waals surface area contributed by atoms with Gasteiger partial charge in [-0.25, -0.2) is 0 Å². The minimum absolute atomic E-state index is 0.200. The predicted octanol–water partition coefficient (Wildman–Crippen LogP) is 4.70. The lowest BCUT2D eigenvalue weighted by Crippen LogP contribution is -2.06. The third-order valence-electron chi connectivity index (χ3n) is 3.43. The maximum atomic E-state index is 11.4. The topological polar surface area (TPSA) is 75.1 Å². The third kappa shape index (κ3) is 5.12. The molecule has 0 fully saturated rings. The van der Waals surface area contributed by atoms with E-state index in [1.807, 2.05) is 20.8 Å². The van der Waals surface area contributed by atoms with Gasteiger partial charge in [-0.05, 0) is 62.8 Å². The van der Waals surface area contributed by atoms with E-state index in [1.54, 1.807) is 6.92 Å². The molecule has 0 aromatic heterocycles. The number of hydrogen-bond acceptors (Lipinski definition) is 3. The Labute approximate surface area is 125 Å². The van der Waals surface area contributed by atoms with Gasteiger partial charge in [-0.3, -0.25) is 4.79 Å². The van der Waals surface area contributed by atoms with E-state index in [-0.39, 0.29) is 12.0 Å². The van der Waals surface area contributed by atoms with Gasteiger partial charge in [0.2, 0.25) is 0 Å². The van der Waals surface area contributed by atoms with Gasteiger partial charge in [0.25, 0.3) is 0 Å². The zero-order valence-corrected chi connectivity index (χ0v) is 13.2. The quantitative estimate of drug-likeness (QED) is 0.316. The molecular formula is C16H23N3O2. The Balaban J connectivity index is 2.83. The van der Waals surface area contributed by atoms with Crippen molar-refractivity contribution < 1.29 is 9.53 Å². The Kier molecular flexibility index (Phi) is 6.76. The standard InChI is InChI=1S/C16H23N3O2/c1-5-21-15(20)8-6-7-14(18-19-17)16-12(3)9-11(2)10-13(16)4/h9-10,14H,5-8H2,1-4H3. The van der Waals surface area contributed by atoms with Gasteiger partial charge < -0.3 is 4.74 Å². The van der Waals surface area contributed by atoms with Gasteiger partial charge >= 0.3 is 5.97 Å². The molecule has 0 amide bonds. The number of benzene rings is 1. The van der Waals surface area contributed by atoms with Crippen LogP contribution in [0.2, 0.25) is 0 Å². The largest absolute Gasteiger partial charge is 0.466 e. The summed E-state index contributed by atoms with van der Waals surface area (Å²) in [6, 6.07) is 3.95. The molecule has 0 heterocycles. The molecule has 1 atom stereocenters. The van der Waals surface area contributed by atoms with Gasteiger partial charge in [0.05, 0.1) is 12.6 Å². The van der Waals surface area contributed by atoms with Crippen molar-refractivity contribution in [1.29, 1.82) is 0 Å². The van der Waals surface area contributed by atoms with Crippen LogP contribution in [0.25, 0.3) is 10.4 Å². The highest BCUT2D eigenvalue weighted by Gasteiger charge is 2.16. The summed E-state index contributed by atoms with van der Waals surface area (Å²) < 4.78 is 4.91. The molecule has 0 N–H and O–H groups in total. The molecule has 5 heteroatoms. The summed E-state index contributed by atoms with van der Waals surface area (Å²) in [5.74, 6) is -0.200. The second kappa shape index (κ2) is 8.32. The summed E-state index contributed by atoms with van der Waals surface area (Å²) >= 11 is 0. The molecule has 1 aromatic rings. The molecule has 0 aliphatic carbocycles. The monoisotopic (exact) mass is 289 g/mol. The van der Waals surface area contributed by atoms with Crippen LogP contribution in [0.4, 0.5) is 0 Å². The van der Waals surface area contributed by atoms with Crippen molar-refractivity contribution in [3.8, 4) is 0 Å². The minimum atomic E-state index is -0.231. The molecule has 5 nitrogen and oxygen atoms in total. The van der Waals surface area contributed by atoms with Crippen LogP contribution in [0.15, 0.2) is 17.2 Å². The zero-order valence-electron chi connectivity index (χ0n) is 13.2. The number of nitrogens with zero attached hydrogens (tertiary/aromatic N) is 3. The average Bonchev–Trinajstić information content (AvgIpc) is 2.37. The van der Waals surface area contributed by atoms with E-state index in [2.05, 4.69) is 22.2 Å². The maximum Gasteiger partial charge on any atom is 0.305 e. The molecule has 0 bridgehead atoms. The number of aryl methyl sites for hydroxylation is 3. The van der Waals surface area contributed by atoms with Crippen molar-refractivity contribution in [3.63, 3.8) is 0 Å². The molecule has 0 aliphatic rings. The van der Waals surface area contributed by atoms with E-state index in [4.69, 9.17) is 10.3 Å². The van der Waals surface area contributed by atoms with Crippen LogP contribution < -0.4 is 0 Å². The van der Waals surface area contributed by atoms with Crippen LogP contribution in [-0.2, 0) is 9.53 Å². The number of carbonyl (C=O) groups excluding carboxylic acids is 1. The Morgan fingerprint density at radius 1 is 1.33 bits per heavy atom. The highest BCUT2D eigenvalue weighted by molar-refractivity contribution is 5.69. The van der Waals surface area contributed by atoms with Crippen molar-refractivity contribution in [2.75, 3.05) is 6.61 Å². The molecule has 1 rings (SSSR count). The molecular weight excluding hydrogens is 266 g/mol. The molecule has 0 saturated carbocycles. The second-order valence-corrected chi connectivity index (χ2v) is 5.23. The van der Waals surface area contributed by atoms with Crippen molar-refractivity contribution in [2.24, 2.45) is 5.11 Å².